The molecule has 0 radical (unpaired) electrons. The number of aliphatic hydroxyl groups is 1. The van der Waals surface area contributed by atoms with Crippen molar-refractivity contribution in [3.8, 4) is 5.75 Å². The van der Waals surface area contributed by atoms with Crippen molar-refractivity contribution < 1.29 is 23.4 Å². The van der Waals surface area contributed by atoms with Gasteiger partial charge in [0, 0.05) is 18.6 Å². The highest BCUT2D eigenvalue weighted by Gasteiger charge is 2.21. The third-order valence-corrected chi connectivity index (χ3v) is 7.38. The number of amides is 1. The minimum absolute atomic E-state index is 0.0163. The lowest BCUT2D eigenvalue weighted by molar-refractivity contribution is -0.120. The fraction of sp³-hybridized carbons (Fsp3) is 0.406. The minimum atomic E-state index is -3.58. The number of hydrogen-bond donors (Lipinski definition) is 5. The lowest BCUT2D eigenvalue weighted by atomic mass is 9.87. The van der Waals surface area contributed by atoms with Gasteiger partial charge in [-0.1, -0.05) is 75.4 Å². The van der Waals surface area contributed by atoms with Gasteiger partial charge in [0.15, 0.2) is 0 Å². The molecule has 0 aliphatic carbocycles. The second kappa shape index (κ2) is 13.1. The molecule has 0 aliphatic heterocycles. The molecular formula is C32H43N3O5S. The fourth-order valence-corrected chi connectivity index (χ4v) is 5.09. The van der Waals surface area contributed by atoms with E-state index >= 15 is 0 Å². The van der Waals surface area contributed by atoms with Crippen molar-refractivity contribution in [1.82, 2.24) is 10.6 Å². The minimum Gasteiger partial charge on any atom is -0.506 e. The van der Waals surface area contributed by atoms with Gasteiger partial charge in [-0.05, 0) is 65.6 Å². The molecule has 0 spiro atoms. The van der Waals surface area contributed by atoms with E-state index in [9.17, 15) is 23.4 Å². The molecule has 0 aromatic heterocycles. The summed E-state index contributed by atoms with van der Waals surface area (Å²) < 4.78 is 25.4. The number of carbonyl (C=O) groups excluding carboxylic acids is 1. The first-order valence-electron chi connectivity index (χ1n) is 13.7. The molecule has 0 saturated carbocycles. The Hall–Kier alpha value is -3.40. The summed E-state index contributed by atoms with van der Waals surface area (Å²) in [5.74, 6) is -0.260. The summed E-state index contributed by atoms with van der Waals surface area (Å²) in [6.07, 6.45) is 1.01. The van der Waals surface area contributed by atoms with E-state index in [4.69, 9.17) is 0 Å². The van der Waals surface area contributed by atoms with Gasteiger partial charge in [-0.25, -0.2) is 8.42 Å². The van der Waals surface area contributed by atoms with Crippen LogP contribution >= 0.6 is 0 Å². The molecule has 0 fully saturated rings. The standard InChI is InChI=1S/C32H43N3O5S/c1-31(2,3)26-13-10-22(11-14-26)20-33-30(38)17-23-8-7-9-24(16-23)19-32(4,5)34-21-29(37)25-12-15-28(36)27(18-25)35-41(6,39)40/h7-16,18,29,34-37H,17,19-21H2,1-6H3,(H,33,38)/t29-/m1/s1. The molecule has 1 atom stereocenters. The van der Waals surface area contributed by atoms with Gasteiger partial charge in [0.25, 0.3) is 0 Å². The molecule has 41 heavy (non-hydrogen) atoms. The number of benzene rings is 3. The van der Waals surface area contributed by atoms with Crippen LogP contribution in [0.3, 0.4) is 0 Å². The molecule has 5 N–H and O–H groups in total. The number of nitrogens with one attached hydrogen (secondary N) is 3. The molecule has 0 saturated heterocycles. The smallest absolute Gasteiger partial charge is 0.229 e. The van der Waals surface area contributed by atoms with Gasteiger partial charge in [0.1, 0.15) is 5.75 Å². The molecule has 0 aliphatic rings. The molecule has 8 nitrogen and oxygen atoms in total. The molecule has 3 aromatic rings. The number of phenols is 1. The number of carbonyl (C=O) groups is 1. The number of hydrogen-bond acceptors (Lipinski definition) is 6. The maximum absolute atomic E-state index is 12.6. The third kappa shape index (κ3) is 10.5. The zero-order chi connectivity index (χ0) is 30.4. The molecule has 0 heterocycles. The molecule has 0 unspecified atom stereocenters. The van der Waals surface area contributed by atoms with Gasteiger partial charge in [-0.3, -0.25) is 9.52 Å². The largest absolute Gasteiger partial charge is 0.506 e. The first-order chi connectivity index (χ1) is 19.0. The van der Waals surface area contributed by atoms with Crippen LogP contribution in [0.4, 0.5) is 5.69 Å². The number of rotatable bonds is 12. The van der Waals surface area contributed by atoms with Crippen LogP contribution in [0.25, 0.3) is 0 Å². The van der Waals surface area contributed by atoms with Crippen LogP contribution in [-0.4, -0.2) is 42.9 Å². The maximum atomic E-state index is 12.6. The quantitative estimate of drug-likeness (QED) is 0.200. The molecule has 0 bridgehead atoms. The van der Waals surface area contributed by atoms with Crippen LogP contribution in [-0.2, 0) is 39.6 Å². The Morgan fingerprint density at radius 1 is 0.902 bits per heavy atom. The molecule has 3 rings (SSSR count). The van der Waals surface area contributed by atoms with Crippen LogP contribution in [0.15, 0.2) is 66.7 Å². The summed E-state index contributed by atoms with van der Waals surface area (Å²) in [5, 5.41) is 27.0. The summed E-state index contributed by atoms with van der Waals surface area (Å²) in [6.45, 7) is 11.3. The normalized spacial score (nSPS) is 13.0. The molecule has 9 heteroatoms. The van der Waals surface area contributed by atoms with Crippen molar-refractivity contribution in [2.24, 2.45) is 0 Å². The monoisotopic (exact) mass is 581 g/mol. The number of aliphatic hydroxyl groups excluding tert-OH is 1. The van der Waals surface area contributed by atoms with Gasteiger partial charge in [0.05, 0.1) is 24.5 Å². The first-order valence-corrected chi connectivity index (χ1v) is 15.6. The second-order valence-electron chi connectivity index (χ2n) is 12.3. The average molecular weight is 582 g/mol. The summed E-state index contributed by atoms with van der Waals surface area (Å²) in [6, 6.07) is 20.6. The van der Waals surface area contributed by atoms with Gasteiger partial charge in [-0.15, -0.1) is 0 Å². The summed E-state index contributed by atoms with van der Waals surface area (Å²) in [7, 11) is -3.58. The van der Waals surface area contributed by atoms with Crippen LogP contribution in [0.1, 0.15) is 68.5 Å². The number of sulfonamides is 1. The van der Waals surface area contributed by atoms with Gasteiger partial charge in [0.2, 0.25) is 15.9 Å². The topological polar surface area (TPSA) is 128 Å². The number of β-amino-alcohol motifs (C(OH)–C–C–N with tert-alkyl or cyclic N) is 1. The van der Waals surface area contributed by atoms with Gasteiger partial charge >= 0.3 is 0 Å². The van der Waals surface area contributed by atoms with Crippen LogP contribution in [0, 0.1) is 0 Å². The van der Waals surface area contributed by atoms with E-state index in [-0.39, 0.29) is 41.3 Å². The third-order valence-electron chi connectivity index (χ3n) is 6.79. The van der Waals surface area contributed by atoms with Gasteiger partial charge in [-0.2, -0.15) is 0 Å². The van der Waals surface area contributed by atoms with Crippen molar-refractivity contribution in [3.05, 3.63) is 94.5 Å². The number of phenolic OH excluding ortho intramolecular Hbond substituents is 1. The highest BCUT2D eigenvalue weighted by molar-refractivity contribution is 7.92. The highest BCUT2D eigenvalue weighted by atomic mass is 32.2. The summed E-state index contributed by atoms with van der Waals surface area (Å²) >= 11 is 0. The van der Waals surface area contributed by atoms with E-state index in [1.54, 1.807) is 6.07 Å². The Morgan fingerprint density at radius 2 is 1.56 bits per heavy atom. The molecular weight excluding hydrogens is 538 g/mol. The first kappa shape index (κ1) is 32.1. The van der Waals surface area contributed by atoms with Crippen molar-refractivity contribution in [2.75, 3.05) is 17.5 Å². The summed E-state index contributed by atoms with van der Waals surface area (Å²) in [5.41, 5.74) is 4.49. The predicted molar refractivity (Wildman–Crippen MR) is 164 cm³/mol. The highest BCUT2D eigenvalue weighted by Crippen LogP contribution is 2.28. The maximum Gasteiger partial charge on any atom is 0.229 e. The average Bonchev–Trinajstić information content (AvgIpc) is 2.86. The van der Waals surface area contributed by atoms with E-state index in [1.807, 2.05) is 38.1 Å². The lowest BCUT2D eigenvalue weighted by Crippen LogP contribution is -2.43. The predicted octanol–water partition coefficient (Wildman–Crippen LogP) is 4.56. The van der Waals surface area contributed by atoms with E-state index < -0.39 is 16.1 Å². The Balaban J connectivity index is 1.53. The van der Waals surface area contributed by atoms with Crippen LogP contribution in [0.5, 0.6) is 5.75 Å². The molecule has 1 amide bonds. The second-order valence-corrected chi connectivity index (χ2v) is 14.1. The van der Waals surface area contributed by atoms with Crippen molar-refractivity contribution in [3.63, 3.8) is 0 Å². The number of anilines is 1. The zero-order valence-corrected chi connectivity index (χ0v) is 25.6. The Kier molecular flexibility index (Phi) is 10.2. The Morgan fingerprint density at radius 3 is 2.20 bits per heavy atom. The van der Waals surface area contributed by atoms with E-state index in [0.717, 1.165) is 22.9 Å². The molecule has 222 valence electrons. The van der Waals surface area contributed by atoms with Crippen molar-refractivity contribution in [2.45, 2.75) is 71.1 Å². The summed E-state index contributed by atoms with van der Waals surface area (Å²) in [4.78, 5) is 12.6. The SMILES string of the molecule is CC(C)(Cc1cccc(CC(=O)NCc2ccc(C(C)(C)C)cc2)c1)NC[C@@H](O)c1ccc(O)c(NS(C)(=O)=O)c1. The lowest BCUT2D eigenvalue weighted by Gasteiger charge is -2.28. The number of aromatic hydroxyl groups is 1. The fourth-order valence-electron chi connectivity index (χ4n) is 4.53. The van der Waals surface area contributed by atoms with E-state index in [0.29, 0.717) is 18.5 Å². The Bertz CT molecular complexity index is 1440. The van der Waals surface area contributed by atoms with Gasteiger partial charge < -0.3 is 20.8 Å². The van der Waals surface area contributed by atoms with E-state index in [2.05, 4.69) is 60.4 Å². The van der Waals surface area contributed by atoms with E-state index in [1.165, 1.54) is 17.7 Å². The Labute approximate surface area is 244 Å². The van der Waals surface area contributed by atoms with Crippen molar-refractivity contribution in [1.29, 1.82) is 0 Å². The zero-order valence-electron chi connectivity index (χ0n) is 24.8. The van der Waals surface area contributed by atoms with Crippen molar-refractivity contribution >= 4 is 21.6 Å². The molecule has 3 aromatic carbocycles. The van der Waals surface area contributed by atoms with Crippen LogP contribution < -0.4 is 15.4 Å². The van der Waals surface area contributed by atoms with Crippen LogP contribution in [0.2, 0.25) is 0 Å².